The van der Waals surface area contributed by atoms with Crippen LogP contribution < -0.4 is 0 Å². The zero-order valence-corrected chi connectivity index (χ0v) is 12.1. The molecule has 1 saturated carbocycles. The molecule has 2 atom stereocenters. The maximum Gasteiger partial charge on any atom is 0.347 e. The van der Waals surface area contributed by atoms with Crippen LogP contribution >= 0.6 is 11.3 Å². The van der Waals surface area contributed by atoms with E-state index in [1.54, 1.807) is 0 Å². The van der Waals surface area contributed by atoms with Crippen molar-refractivity contribution in [3.8, 4) is 10.8 Å². The molecule has 2 unspecified atom stereocenters. The van der Waals surface area contributed by atoms with Crippen molar-refractivity contribution in [2.45, 2.75) is 25.9 Å². The Hall–Kier alpha value is -1.66. The van der Waals surface area contributed by atoms with Crippen molar-refractivity contribution in [2.24, 2.45) is 5.92 Å². The van der Waals surface area contributed by atoms with Gasteiger partial charge in [0.15, 0.2) is 10.8 Å². The van der Waals surface area contributed by atoms with E-state index < -0.39 is 5.97 Å². The first-order chi connectivity index (χ1) is 9.60. The number of hydrogen-bond acceptors (Lipinski definition) is 5. The van der Waals surface area contributed by atoms with E-state index in [2.05, 4.69) is 11.9 Å². The van der Waals surface area contributed by atoms with Crippen molar-refractivity contribution in [3.63, 3.8) is 0 Å². The minimum Gasteiger partial charge on any atom is -0.477 e. The van der Waals surface area contributed by atoms with Gasteiger partial charge in [-0.3, -0.25) is 0 Å². The number of nitrogens with zero attached hydrogens (tertiary/aromatic N) is 1. The summed E-state index contributed by atoms with van der Waals surface area (Å²) in [7, 11) is 1.52. The lowest BCUT2D eigenvalue weighted by atomic mass is 10.3. The van der Waals surface area contributed by atoms with E-state index in [0.29, 0.717) is 28.3 Å². The summed E-state index contributed by atoms with van der Waals surface area (Å²) in [6.07, 6.45) is 1.15. The van der Waals surface area contributed by atoms with E-state index in [1.165, 1.54) is 7.11 Å². The first-order valence-electron chi connectivity index (χ1n) is 6.42. The highest BCUT2D eigenvalue weighted by Gasteiger charge is 2.36. The lowest BCUT2D eigenvalue weighted by Gasteiger charge is -1.94. The third kappa shape index (κ3) is 2.36. The number of ether oxygens (including phenoxy) is 1. The molecule has 0 aliphatic heterocycles. The van der Waals surface area contributed by atoms with Crippen LogP contribution in [0.15, 0.2) is 16.5 Å². The van der Waals surface area contributed by atoms with Gasteiger partial charge in [0.1, 0.15) is 10.6 Å². The van der Waals surface area contributed by atoms with Crippen molar-refractivity contribution >= 4 is 17.3 Å². The van der Waals surface area contributed by atoms with Crippen molar-refractivity contribution < 1.29 is 19.1 Å². The van der Waals surface area contributed by atoms with Crippen LogP contribution in [0.3, 0.4) is 0 Å². The predicted octanol–water partition coefficient (Wildman–Crippen LogP) is 3.37. The molecule has 0 radical (unpaired) electrons. The van der Waals surface area contributed by atoms with Crippen LogP contribution in [0.4, 0.5) is 0 Å². The molecule has 0 spiro atoms. The zero-order valence-electron chi connectivity index (χ0n) is 11.3. The Balaban J connectivity index is 1.91. The second-order valence-electron chi connectivity index (χ2n) is 5.05. The minimum atomic E-state index is -0.983. The van der Waals surface area contributed by atoms with Gasteiger partial charge in [-0.25, -0.2) is 9.78 Å². The Bertz CT molecular complexity index is 645. The van der Waals surface area contributed by atoms with Crippen LogP contribution in [0.2, 0.25) is 0 Å². The third-order valence-electron chi connectivity index (χ3n) is 3.49. The van der Waals surface area contributed by atoms with Crippen molar-refractivity contribution in [1.29, 1.82) is 0 Å². The van der Waals surface area contributed by atoms with Gasteiger partial charge in [0.2, 0.25) is 0 Å². The summed E-state index contributed by atoms with van der Waals surface area (Å²) in [5.74, 6) is 1.79. The van der Waals surface area contributed by atoms with Crippen LogP contribution in [0.25, 0.3) is 10.8 Å². The normalized spacial score (nSPS) is 21.1. The average Bonchev–Trinajstić information content (AvgIpc) is 2.83. The maximum absolute atomic E-state index is 11.2. The van der Waals surface area contributed by atoms with Gasteiger partial charge in [-0.15, -0.1) is 11.3 Å². The van der Waals surface area contributed by atoms with Gasteiger partial charge >= 0.3 is 5.97 Å². The molecule has 1 fully saturated rings. The molecule has 3 rings (SSSR count). The summed E-state index contributed by atoms with van der Waals surface area (Å²) < 4.78 is 10.8. The second-order valence-corrected chi connectivity index (χ2v) is 6.05. The van der Waals surface area contributed by atoms with Crippen molar-refractivity contribution in [3.05, 3.63) is 28.5 Å². The van der Waals surface area contributed by atoms with E-state index in [0.717, 1.165) is 23.5 Å². The lowest BCUT2D eigenvalue weighted by molar-refractivity contribution is 0.0697. The fraction of sp³-hybridized carbons (Fsp3) is 0.429. The highest BCUT2D eigenvalue weighted by molar-refractivity contribution is 7.16. The number of methoxy groups -OCH3 is 1. The molecule has 1 aliphatic rings. The number of aromatic nitrogens is 1. The summed E-state index contributed by atoms with van der Waals surface area (Å²) in [6, 6.07) is 3.82. The molecule has 6 heteroatoms. The van der Waals surface area contributed by atoms with Gasteiger partial charge in [0.25, 0.3) is 0 Å². The predicted molar refractivity (Wildman–Crippen MR) is 74.0 cm³/mol. The smallest absolute Gasteiger partial charge is 0.347 e. The van der Waals surface area contributed by atoms with Gasteiger partial charge in [0.05, 0.1) is 12.3 Å². The van der Waals surface area contributed by atoms with Crippen LogP contribution in [-0.4, -0.2) is 23.2 Å². The van der Waals surface area contributed by atoms with Crippen LogP contribution in [-0.2, 0) is 11.3 Å². The quantitative estimate of drug-likeness (QED) is 0.915. The molecule has 106 valence electrons. The highest BCUT2D eigenvalue weighted by atomic mass is 32.1. The number of carboxylic acid groups (broad SMARTS) is 1. The maximum atomic E-state index is 11.2. The number of carbonyl (C=O) groups is 1. The molecule has 2 aromatic rings. The van der Waals surface area contributed by atoms with Gasteiger partial charge < -0.3 is 14.3 Å². The highest BCUT2D eigenvalue weighted by Crippen LogP contribution is 2.48. The molecule has 0 amide bonds. The van der Waals surface area contributed by atoms with E-state index >= 15 is 0 Å². The number of furan rings is 1. The molecule has 5 nitrogen and oxygen atoms in total. The number of carboxylic acids is 1. The monoisotopic (exact) mass is 293 g/mol. The molecule has 0 bridgehead atoms. The van der Waals surface area contributed by atoms with E-state index in [1.807, 2.05) is 12.1 Å². The largest absolute Gasteiger partial charge is 0.477 e. The van der Waals surface area contributed by atoms with Gasteiger partial charge in [-0.1, -0.05) is 6.92 Å². The standard InChI is InChI=1S/C14H15NO4S/c1-7-5-8(7)10-3-4-11(19-10)13-15-9(6-18-2)12(20-13)14(16)17/h3-4,7-8H,5-6H2,1-2H3,(H,16,17). The minimum absolute atomic E-state index is 0.186. The summed E-state index contributed by atoms with van der Waals surface area (Å²) in [6.45, 7) is 2.38. The van der Waals surface area contributed by atoms with Crippen LogP contribution in [0.1, 0.15) is 40.4 Å². The fourth-order valence-electron chi connectivity index (χ4n) is 2.24. The second kappa shape index (κ2) is 5.03. The summed E-state index contributed by atoms with van der Waals surface area (Å²) in [5.41, 5.74) is 0.442. The number of thiazole rings is 1. The lowest BCUT2D eigenvalue weighted by Crippen LogP contribution is -1.99. The molecule has 0 saturated heterocycles. The van der Waals surface area contributed by atoms with Crippen molar-refractivity contribution in [2.75, 3.05) is 7.11 Å². The van der Waals surface area contributed by atoms with E-state index in [-0.39, 0.29) is 11.5 Å². The number of hydrogen-bond donors (Lipinski definition) is 1. The third-order valence-corrected chi connectivity index (χ3v) is 4.59. The Labute approximate surface area is 120 Å². The van der Waals surface area contributed by atoms with Gasteiger partial charge in [0, 0.05) is 13.0 Å². The first kappa shape index (κ1) is 13.3. The number of aromatic carboxylic acids is 1. The molecule has 2 aromatic heterocycles. The van der Waals surface area contributed by atoms with E-state index in [9.17, 15) is 9.90 Å². The summed E-state index contributed by atoms with van der Waals surface area (Å²) in [4.78, 5) is 15.7. The van der Waals surface area contributed by atoms with Crippen LogP contribution in [0, 0.1) is 5.92 Å². The molecular formula is C14H15NO4S. The van der Waals surface area contributed by atoms with Crippen molar-refractivity contribution in [1.82, 2.24) is 4.98 Å². The summed E-state index contributed by atoms with van der Waals surface area (Å²) in [5, 5.41) is 9.77. The van der Waals surface area contributed by atoms with Crippen LogP contribution in [0.5, 0.6) is 0 Å². The Morgan fingerprint density at radius 1 is 1.60 bits per heavy atom. The molecule has 1 aliphatic carbocycles. The Morgan fingerprint density at radius 2 is 2.35 bits per heavy atom. The molecular weight excluding hydrogens is 278 g/mol. The average molecular weight is 293 g/mol. The Kier molecular flexibility index (Phi) is 3.35. The molecule has 1 N–H and O–H groups in total. The molecule has 20 heavy (non-hydrogen) atoms. The number of rotatable bonds is 5. The van der Waals surface area contributed by atoms with Gasteiger partial charge in [-0.05, 0) is 24.5 Å². The first-order valence-corrected chi connectivity index (χ1v) is 7.23. The van der Waals surface area contributed by atoms with Gasteiger partial charge in [-0.2, -0.15) is 0 Å². The molecule has 2 heterocycles. The topological polar surface area (TPSA) is 72.6 Å². The fourth-order valence-corrected chi connectivity index (χ4v) is 3.11. The summed E-state index contributed by atoms with van der Waals surface area (Å²) >= 11 is 1.12. The Morgan fingerprint density at radius 3 is 2.95 bits per heavy atom. The molecule has 0 aromatic carbocycles. The zero-order chi connectivity index (χ0) is 14.3. The SMILES string of the molecule is COCc1nc(-c2ccc(C3CC3C)o2)sc1C(=O)O. The van der Waals surface area contributed by atoms with E-state index in [4.69, 9.17) is 9.15 Å².